The Morgan fingerprint density at radius 3 is 1.72 bits per heavy atom. The lowest BCUT2D eigenvalue weighted by Crippen LogP contribution is -2.08. The lowest BCUT2D eigenvalue weighted by molar-refractivity contribution is -0.139. The van der Waals surface area contributed by atoms with Gasteiger partial charge < -0.3 is 9.47 Å². The molecule has 186 valence electrons. The number of halogens is 2. The molecule has 0 heterocycles. The van der Waals surface area contributed by atoms with Gasteiger partial charge in [0, 0.05) is 29.6 Å². The van der Waals surface area contributed by atoms with Crippen molar-refractivity contribution >= 4 is 11.9 Å². The Morgan fingerprint density at radius 1 is 0.694 bits per heavy atom. The highest BCUT2D eigenvalue weighted by molar-refractivity contribution is 5.87. The summed E-state index contributed by atoms with van der Waals surface area (Å²) < 4.78 is 39.7. The van der Waals surface area contributed by atoms with E-state index < -0.39 is 23.6 Å². The average molecular weight is 491 g/mol. The van der Waals surface area contributed by atoms with Gasteiger partial charge in [0.15, 0.2) is 0 Å². The molecular weight excluding hydrogens is 462 g/mol. The molecule has 0 saturated heterocycles. The van der Waals surface area contributed by atoms with Gasteiger partial charge >= 0.3 is 11.9 Å². The molecule has 3 aromatic carbocycles. The first-order chi connectivity index (χ1) is 17.2. The van der Waals surface area contributed by atoms with Crippen LogP contribution in [0, 0.1) is 11.6 Å². The van der Waals surface area contributed by atoms with Crippen LogP contribution in [-0.2, 0) is 31.9 Å². The van der Waals surface area contributed by atoms with Gasteiger partial charge in [0.25, 0.3) is 0 Å². The zero-order valence-electron chi connectivity index (χ0n) is 20.4. The zero-order chi connectivity index (χ0) is 26.2. The molecule has 6 heteroatoms. The van der Waals surface area contributed by atoms with Crippen LogP contribution < -0.4 is 0 Å². The van der Waals surface area contributed by atoms with Crippen LogP contribution >= 0.6 is 0 Å². The van der Waals surface area contributed by atoms with Crippen LogP contribution in [0.25, 0.3) is 22.3 Å². The molecule has 3 aromatic rings. The van der Waals surface area contributed by atoms with Gasteiger partial charge in [0.05, 0.1) is 13.2 Å². The maximum atomic E-state index is 15.0. The van der Waals surface area contributed by atoms with Crippen LogP contribution in [0.4, 0.5) is 8.78 Å². The molecule has 0 atom stereocenters. The van der Waals surface area contributed by atoms with E-state index in [1.54, 1.807) is 38.1 Å². The molecule has 0 amide bonds. The molecule has 0 aliphatic heterocycles. The van der Waals surface area contributed by atoms with Crippen LogP contribution in [0.1, 0.15) is 25.0 Å². The van der Waals surface area contributed by atoms with Crippen molar-refractivity contribution in [2.24, 2.45) is 0 Å². The predicted molar refractivity (Wildman–Crippen MR) is 136 cm³/mol. The molecule has 0 unspecified atom stereocenters. The molecule has 0 bridgehead atoms. The highest BCUT2D eigenvalue weighted by Gasteiger charge is 2.11. The summed E-state index contributed by atoms with van der Waals surface area (Å²) in [4.78, 5) is 22.9. The quantitative estimate of drug-likeness (QED) is 0.237. The number of hydrogen-bond acceptors (Lipinski definition) is 4. The van der Waals surface area contributed by atoms with Crippen molar-refractivity contribution in [2.45, 2.75) is 26.7 Å². The highest BCUT2D eigenvalue weighted by Crippen LogP contribution is 2.29. The van der Waals surface area contributed by atoms with Gasteiger partial charge in [-0.05, 0) is 53.8 Å². The maximum Gasteiger partial charge on any atom is 0.333 e. The van der Waals surface area contributed by atoms with Crippen molar-refractivity contribution in [1.29, 1.82) is 0 Å². The molecule has 36 heavy (non-hydrogen) atoms. The second kappa shape index (κ2) is 12.1. The van der Waals surface area contributed by atoms with Gasteiger partial charge in [-0.1, -0.05) is 61.7 Å². The second-order valence-corrected chi connectivity index (χ2v) is 8.53. The minimum Gasteiger partial charge on any atom is -0.462 e. The molecule has 4 nitrogen and oxygen atoms in total. The van der Waals surface area contributed by atoms with E-state index in [1.807, 2.05) is 24.3 Å². The monoisotopic (exact) mass is 490 g/mol. The highest BCUT2D eigenvalue weighted by atomic mass is 19.1. The second-order valence-electron chi connectivity index (χ2n) is 8.53. The van der Waals surface area contributed by atoms with E-state index in [4.69, 9.17) is 9.47 Å². The summed E-state index contributed by atoms with van der Waals surface area (Å²) in [6.45, 7) is 10.5. The first-order valence-corrected chi connectivity index (χ1v) is 11.5. The molecule has 0 aliphatic carbocycles. The third kappa shape index (κ3) is 6.98. The molecule has 0 spiro atoms. The Kier molecular flexibility index (Phi) is 8.90. The topological polar surface area (TPSA) is 52.6 Å². The minimum absolute atomic E-state index is 0.0454. The first kappa shape index (κ1) is 26.5. The zero-order valence-corrected chi connectivity index (χ0v) is 20.4. The van der Waals surface area contributed by atoms with Crippen LogP contribution in [0.3, 0.4) is 0 Å². The summed E-state index contributed by atoms with van der Waals surface area (Å²) in [5, 5.41) is 0. The summed E-state index contributed by atoms with van der Waals surface area (Å²) in [6.07, 6.45) is 0.767. The Labute approximate surface area is 209 Å². The Hall–Kier alpha value is -4.06. The summed E-state index contributed by atoms with van der Waals surface area (Å²) >= 11 is 0. The van der Waals surface area contributed by atoms with E-state index in [-0.39, 0.29) is 25.2 Å². The number of rotatable bonds is 10. The SMILES string of the molecule is C=C(C)C(=O)OCCc1ccc(-c2ccc(-c3ccc(CCOC(=O)C(=C)C)c(F)c3)cc2F)cc1. The Morgan fingerprint density at radius 2 is 1.19 bits per heavy atom. The van der Waals surface area contributed by atoms with Gasteiger partial charge in [-0.3, -0.25) is 0 Å². The van der Waals surface area contributed by atoms with Gasteiger partial charge in [-0.15, -0.1) is 0 Å². The maximum absolute atomic E-state index is 15.0. The summed E-state index contributed by atoms with van der Waals surface area (Å²) in [6, 6.07) is 16.8. The normalized spacial score (nSPS) is 10.6. The number of esters is 2. The molecule has 0 saturated carbocycles. The molecule has 0 radical (unpaired) electrons. The third-order valence-corrected chi connectivity index (χ3v) is 5.55. The van der Waals surface area contributed by atoms with E-state index in [2.05, 4.69) is 13.2 Å². The van der Waals surface area contributed by atoms with Crippen molar-refractivity contribution < 1.29 is 27.8 Å². The largest absolute Gasteiger partial charge is 0.462 e. The molecule has 0 aromatic heterocycles. The summed E-state index contributed by atoms with van der Waals surface area (Å²) in [5.74, 6) is -1.81. The van der Waals surface area contributed by atoms with E-state index in [1.165, 1.54) is 12.1 Å². The lowest BCUT2D eigenvalue weighted by Gasteiger charge is -2.10. The molecule has 0 aliphatic rings. The van der Waals surface area contributed by atoms with Crippen LogP contribution in [0.2, 0.25) is 0 Å². The lowest BCUT2D eigenvalue weighted by atomic mass is 9.97. The van der Waals surface area contributed by atoms with Gasteiger partial charge in [0.2, 0.25) is 0 Å². The Balaban J connectivity index is 1.65. The van der Waals surface area contributed by atoms with Gasteiger partial charge in [-0.25, -0.2) is 18.4 Å². The van der Waals surface area contributed by atoms with Gasteiger partial charge in [-0.2, -0.15) is 0 Å². The number of benzene rings is 3. The summed E-state index contributed by atoms with van der Waals surface area (Å²) in [5.41, 5.74) is 4.21. The molecule has 0 fully saturated rings. The minimum atomic E-state index is -0.513. The first-order valence-electron chi connectivity index (χ1n) is 11.5. The smallest absolute Gasteiger partial charge is 0.333 e. The van der Waals surface area contributed by atoms with E-state index in [0.29, 0.717) is 39.8 Å². The fourth-order valence-electron chi connectivity index (χ4n) is 3.47. The van der Waals surface area contributed by atoms with Crippen molar-refractivity contribution in [1.82, 2.24) is 0 Å². The van der Waals surface area contributed by atoms with Crippen LogP contribution in [0.5, 0.6) is 0 Å². The predicted octanol–water partition coefficient (Wildman–Crippen LogP) is 6.62. The summed E-state index contributed by atoms with van der Waals surface area (Å²) in [7, 11) is 0. The third-order valence-electron chi connectivity index (χ3n) is 5.55. The number of carbonyl (C=O) groups excluding carboxylic acids is 2. The van der Waals surface area contributed by atoms with E-state index >= 15 is 0 Å². The Bertz CT molecular complexity index is 1290. The number of hydrogen-bond donors (Lipinski definition) is 0. The number of ether oxygens (including phenoxy) is 2. The van der Waals surface area contributed by atoms with E-state index in [0.717, 1.165) is 5.56 Å². The number of carbonyl (C=O) groups is 2. The van der Waals surface area contributed by atoms with E-state index in [9.17, 15) is 18.4 Å². The van der Waals surface area contributed by atoms with Crippen molar-refractivity contribution in [2.75, 3.05) is 13.2 Å². The van der Waals surface area contributed by atoms with Crippen molar-refractivity contribution in [3.05, 3.63) is 108 Å². The fraction of sp³-hybridized carbons (Fsp3) is 0.200. The molecule has 0 N–H and O–H groups in total. The van der Waals surface area contributed by atoms with Crippen LogP contribution in [-0.4, -0.2) is 25.2 Å². The standard InChI is InChI=1S/C30H28F2O4/c1-19(2)29(33)35-15-13-21-5-7-22(8-6-21)26-12-11-25(18-28(26)32)24-10-9-23(27(31)17-24)14-16-36-30(34)20(3)4/h5-12,17-18H,1,3,13-16H2,2,4H3. The average Bonchev–Trinajstić information content (AvgIpc) is 2.85. The van der Waals surface area contributed by atoms with Crippen molar-refractivity contribution in [3.8, 4) is 22.3 Å². The van der Waals surface area contributed by atoms with Crippen molar-refractivity contribution in [3.63, 3.8) is 0 Å². The molecule has 3 rings (SSSR count). The van der Waals surface area contributed by atoms with Gasteiger partial charge in [0.1, 0.15) is 11.6 Å². The molecular formula is C30H28F2O4. The van der Waals surface area contributed by atoms with Crippen LogP contribution in [0.15, 0.2) is 85.0 Å². The fourth-order valence-corrected chi connectivity index (χ4v) is 3.47.